The van der Waals surface area contributed by atoms with E-state index in [0.717, 1.165) is 103 Å². The topological polar surface area (TPSA) is 19.6 Å². The molecule has 0 atom stereocenters. The first-order chi connectivity index (χ1) is 51.2. The fourth-order valence-corrected chi connectivity index (χ4v) is 24.1. The van der Waals surface area contributed by atoms with E-state index in [0.29, 0.717) is 0 Å². The number of rotatable bonds is 9. The van der Waals surface area contributed by atoms with Gasteiger partial charge in [-0.2, -0.15) is 0 Å². The summed E-state index contributed by atoms with van der Waals surface area (Å²) >= 11 is 0. The number of para-hydroxylation sites is 2. The van der Waals surface area contributed by atoms with E-state index in [9.17, 15) is 0 Å². The number of benzene rings is 13. The Hall–Kier alpha value is -10.7. The van der Waals surface area contributed by atoms with Crippen molar-refractivity contribution in [3.8, 4) is 66.8 Å². The summed E-state index contributed by atoms with van der Waals surface area (Å²) in [6, 6.07) is 114. The molecule has 8 saturated carbocycles. The second-order valence-electron chi connectivity index (χ2n) is 33.1. The molecule has 13 aromatic carbocycles. The number of fused-ring (bicyclic) bond motifs is 12. The summed E-state index contributed by atoms with van der Waals surface area (Å²) in [5.74, 6) is 6.88. The summed E-state index contributed by atoms with van der Waals surface area (Å²) < 4.78 is 6.47. The van der Waals surface area contributed by atoms with Crippen molar-refractivity contribution >= 4 is 56.1 Å². The molecule has 1 heterocycles. The van der Waals surface area contributed by atoms with Crippen molar-refractivity contribution in [3.63, 3.8) is 0 Å². The zero-order valence-corrected chi connectivity index (χ0v) is 59.4. The molecule has 0 unspecified atom stereocenters. The van der Waals surface area contributed by atoms with Crippen LogP contribution in [0.4, 0.5) is 34.1 Å². The third kappa shape index (κ3) is 8.89. The van der Waals surface area contributed by atoms with Crippen LogP contribution in [-0.2, 0) is 16.2 Å². The number of anilines is 6. The van der Waals surface area contributed by atoms with E-state index in [2.05, 4.69) is 321 Å². The van der Waals surface area contributed by atoms with Gasteiger partial charge in [-0.1, -0.05) is 232 Å². The van der Waals surface area contributed by atoms with Gasteiger partial charge in [0.15, 0.2) is 0 Å². The average Bonchev–Trinajstić information content (AvgIpc) is 1.47. The third-order valence-electron chi connectivity index (χ3n) is 27.7. The van der Waals surface area contributed by atoms with Gasteiger partial charge in [0.1, 0.15) is 11.2 Å². The molecule has 104 heavy (non-hydrogen) atoms. The Morgan fingerprint density at radius 2 is 0.615 bits per heavy atom. The van der Waals surface area contributed by atoms with Crippen LogP contribution >= 0.6 is 0 Å². The fraction of sp³-hybridized carbons (Fsp3) is 0.228. The van der Waals surface area contributed by atoms with Crippen molar-refractivity contribution in [2.24, 2.45) is 47.3 Å². The van der Waals surface area contributed by atoms with Crippen molar-refractivity contribution in [2.75, 3.05) is 9.80 Å². The maximum Gasteiger partial charge on any atom is 0.137 e. The number of hydrogen-bond donors (Lipinski definition) is 0. The Labute approximate surface area is 611 Å². The maximum atomic E-state index is 6.47. The molecule has 8 fully saturated rings. The highest BCUT2D eigenvalue weighted by atomic mass is 16.3. The molecule has 11 aliphatic rings. The van der Waals surface area contributed by atoms with Crippen LogP contribution in [0.5, 0.6) is 0 Å². The zero-order chi connectivity index (χ0) is 68.6. The van der Waals surface area contributed by atoms with Crippen LogP contribution in [0.15, 0.2) is 308 Å². The standard InChI is InChI=1S/C55H45NO.C46H39N/c1-54(2)47-14-6-3-10-42(47)43-24-22-39(31-50(43)54)56(40-23-25-45-44-11-5-8-17-51(44)57-52(45)32-40)38-20-18-35(19-21-38)41-13-9-16-49-53(41)46-12-4-7-15-48(46)55(49)36-27-33-26-34(29-36)30-37(55)28-33;1-3-10-33(11-4-1)34-18-22-39(23-19-34)47(38-12-5-2-6-13-38)40-24-20-35(21-25-40)41-15-9-17-44-45(41)42-14-7-8-16-43(42)46(44)36-27-31-26-32(29-36)30-37(46)28-31/h3-25,31-34,36-37H,26-30H2,1-2H3;1-25,31-32,36-37H,26-30H2. The summed E-state index contributed by atoms with van der Waals surface area (Å²) in [4.78, 5) is 4.79. The second-order valence-corrected chi connectivity index (χ2v) is 33.1. The van der Waals surface area contributed by atoms with Gasteiger partial charge in [-0.3, -0.25) is 0 Å². The Morgan fingerprint density at radius 3 is 1.15 bits per heavy atom. The minimum atomic E-state index is -0.0985. The molecule has 14 aromatic rings. The Balaban J connectivity index is 0.000000133. The lowest BCUT2D eigenvalue weighted by Gasteiger charge is -2.61. The molecule has 0 aliphatic heterocycles. The molecule has 25 rings (SSSR count). The Morgan fingerprint density at radius 1 is 0.250 bits per heavy atom. The SMILES string of the molecule is CC1(C)c2ccccc2-c2ccc(N(c3ccc(-c4cccc5c4-c4ccccc4C54C5CC6CC(C5)CC4C6)cc3)c3ccc4c(c3)oc3ccccc34)cc21.c1ccc(-c2ccc(N(c3ccccc3)c3ccc(-c4cccc5c4-c4ccccc4C54C5CC6CC(C5)CC4C6)cc3)cc2)cc1. The van der Waals surface area contributed by atoms with Crippen molar-refractivity contribution in [1.29, 1.82) is 0 Å². The third-order valence-corrected chi connectivity index (χ3v) is 27.7. The maximum absolute atomic E-state index is 6.47. The molecule has 1 aromatic heterocycles. The van der Waals surface area contributed by atoms with Gasteiger partial charge in [-0.05, 0) is 291 Å². The van der Waals surface area contributed by atoms with Gasteiger partial charge in [0.05, 0.1) is 0 Å². The Bertz CT molecular complexity index is 5680. The first-order valence-electron chi connectivity index (χ1n) is 38.9. The molecule has 0 amide bonds. The van der Waals surface area contributed by atoms with Crippen LogP contribution in [0.2, 0.25) is 0 Å². The summed E-state index contributed by atoms with van der Waals surface area (Å²) in [5.41, 5.74) is 34.6. The highest BCUT2D eigenvalue weighted by Crippen LogP contribution is 2.72. The van der Waals surface area contributed by atoms with Gasteiger partial charge in [0.25, 0.3) is 0 Å². The lowest BCUT2D eigenvalue weighted by molar-refractivity contribution is -0.0399. The molecule has 3 heteroatoms. The molecule has 2 spiro atoms. The van der Waals surface area contributed by atoms with Crippen LogP contribution < -0.4 is 9.80 Å². The first-order valence-corrected chi connectivity index (χ1v) is 38.9. The van der Waals surface area contributed by atoms with Gasteiger partial charge >= 0.3 is 0 Å². The monoisotopic (exact) mass is 1340 g/mol. The highest BCUT2D eigenvalue weighted by Gasteiger charge is 2.63. The summed E-state index contributed by atoms with van der Waals surface area (Å²) in [7, 11) is 0. The summed E-state index contributed by atoms with van der Waals surface area (Å²) in [6.07, 6.45) is 14.3. The lowest BCUT2D eigenvalue weighted by atomic mass is 9.43. The number of furan rings is 1. The molecule has 11 aliphatic carbocycles. The molecule has 0 radical (unpaired) electrons. The van der Waals surface area contributed by atoms with E-state index in [4.69, 9.17) is 4.42 Å². The Kier molecular flexibility index (Phi) is 13.5. The van der Waals surface area contributed by atoms with Crippen LogP contribution in [-0.4, -0.2) is 0 Å². The molecular weight excluding hydrogens is 1260 g/mol. The zero-order valence-electron chi connectivity index (χ0n) is 59.4. The predicted octanol–water partition coefficient (Wildman–Crippen LogP) is 27.0. The van der Waals surface area contributed by atoms with E-state index < -0.39 is 0 Å². The van der Waals surface area contributed by atoms with Gasteiger partial charge < -0.3 is 14.2 Å². The fourth-order valence-electron chi connectivity index (χ4n) is 24.1. The molecule has 504 valence electrons. The molecule has 0 saturated heterocycles. The van der Waals surface area contributed by atoms with Gasteiger partial charge in [0, 0.05) is 67.2 Å². The van der Waals surface area contributed by atoms with Crippen LogP contribution in [0, 0.1) is 47.3 Å². The van der Waals surface area contributed by atoms with Gasteiger partial charge in [-0.25, -0.2) is 0 Å². The smallest absolute Gasteiger partial charge is 0.137 e. The lowest BCUT2D eigenvalue weighted by Crippen LogP contribution is -2.55. The average molecular weight is 1340 g/mol. The molecule has 3 nitrogen and oxygen atoms in total. The molecule has 8 bridgehead atoms. The molecule has 0 N–H and O–H groups in total. The molecular formula is C101H84N2O. The van der Waals surface area contributed by atoms with Crippen LogP contribution in [0.1, 0.15) is 111 Å². The van der Waals surface area contributed by atoms with E-state index in [-0.39, 0.29) is 16.2 Å². The van der Waals surface area contributed by atoms with Gasteiger partial charge in [0.2, 0.25) is 0 Å². The van der Waals surface area contributed by atoms with Crippen LogP contribution in [0.3, 0.4) is 0 Å². The van der Waals surface area contributed by atoms with Crippen molar-refractivity contribution in [3.05, 3.63) is 337 Å². The minimum absolute atomic E-state index is 0.0985. The normalized spacial score (nSPS) is 24.4. The predicted molar refractivity (Wildman–Crippen MR) is 430 cm³/mol. The van der Waals surface area contributed by atoms with E-state index >= 15 is 0 Å². The van der Waals surface area contributed by atoms with Crippen molar-refractivity contribution in [2.45, 2.75) is 94.3 Å². The van der Waals surface area contributed by atoms with Gasteiger partial charge in [-0.15, -0.1) is 0 Å². The minimum Gasteiger partial charge on any atom is -0.456 e. The number of nitrogens with zero attached hydrogens (tertiary/aromatic N) is 2. The highest BCUT2D eigenvalue weighted by molar-refractivity contribution is 6.06. The second kappa shape index (κ2) is 23.1. The van der Waals surface area contributed by atoms with E-state index in [1.807, 2.05) is 6.07 Å². The summed E-state index contributed by atoms with van der Waals surface area (Å²) in [6.45, 7) is 4.73. The quantitative estimate of drug-likeness (QED) is 0.144. The number of hydrogen-bond acceptors (Lipinski definition) is 3. The van der Waals surface area contributed by atoms with Crippen molar-refractivity contribution in [1.82, 2.24) is 0 Å². The van der Waals surface area contributed by atoms with E-state index in [1.54, 1.807) is 22.3 Å². The largest absolute Gasteiger partial charge is 0.456 e. The first kappa shape index (κ1) is 60.8. The van der Waals surface area contributed by atoms with Crippen LogP contribution in [0.25, 0.3) is 88.7 Å². The van der Waals surface area contributed by atoms with Crippen molar-refractivity contribution < 1.29 is 4.42 Å². The van der Waals surface area contributed by atoms with E-state index in [1.165, 1.54) is 142 Å². The summed E-state index contributed by atoms with van der Waals surface area (Å²) in [5, 5.41) is 2.30.